The van der Waals surface area contributed by atoms with E-state index < -0.39 is 5.82 Å². The first-order valence-corrected chi connectivity index (χ1v) is 10.9. The Bertz CT molecular complexity index is 1390. The summed E-state index contributed by atoms with van der Waals surface area (Å²) in [5.74, 6) is 1.74. The first-order chi connectivity index (χ1) is 16.0. The lowest BCUT2D eigenvalue weighted by atomic mass is 10.0. The number of halogens is 2. The van der Waals surface area contributed by atoms with Crippen molar-refractivity contribution < 1.29 is 23.0 Å². The third-order valence-corrected chi connectivity index (χ3v) is 5.88. The third-order valence-electron chi connectivity index (χ3n) is 5.52. The van der Waals surface area contributed by atoms with Crippen LogP contribution in [0.5, 0.6) is 17.2 Å². The van der Waals surface area contributed by atoms with Crippen molar-refractivity contribution in [3.8, 4) is 28.4 Å². The van der Waals surface area contributed by atoms with Crippen molar-refractivity contribution in [2.24, 2.45) is 0 Å². The van der Waals surface area contributed by atoms with E-state index >= 15 is 0 Å². The van der Waals surface area contributed by atoms with Gasteiger partial charge in [-0.3, -0.25) is 4.79 Å². The number of fused-ring (bicyclic) bond motifs is 2. The van der Waals surface area contributed by atoms with Crippen LogP contribution in [-0.4, -0.2) is 13.2 Å². The lowest BCUT2D eigenvalue weighted by Crippen LogP contribution is -2.08. The van der Waals surface area contributed by atoms with Gasteiger partial charge in [-0.1, -0.05) is 23.7 Å². The molecule has 33 heavy (non-hydrogen) atoms. The van der Waals surface area contributed by atoms with Crippen LogP contribution in [0.2, 0.25) is 5.02 Å². The zero-order chi connectivity index (χ0) is 22.9. The van der Waals surface area contributed by atoms with Crippen molar-refractivity contribution >= 4 is 22.6 Å². The molecule has 5 nitrogen and oxygen atoms in total. The van der Waals surface area contributed by atoms with Gasteiger partial charge in [-0.2, -0.15) is 0 Å². The van der Waals surface area contributed by atoms with Crippen molar-refractivity contribution in [1.82, 2.24) is 0 Å². The minimum absolute atomic E-state index is 0.0461. The van der Waals surface area contributed by atoms with Crippen LogP contribution in [0.15, 0.2) is 63.8 Å². The molecule has 0 fully saturated rings. The molecule has 1 aromatic heterocycles. The second-order valence-corrected chi connectivity index (χ2v) is 8.13. The number of ether oxygens (including phenoxy) is 3. The quantitative estimate of drug-likeness (QED) is 0.353. The molecule has 0 N–H and O–H groups in total. The van der Waals surface area contributed by atoms with Gasteiger partial charge < -0.3 is 18.6 Å². The highest BCUT2D eigenvalue weighted by atomic mass is 35.5. The number of benzene rings is 3. The average Bonchev–Trinajstić information content (AvgIpc) is 3.04. The topological polar surface area (TPSA) is 57.9 Å². The van der Waals surface area contributed by atoms with Gasteiger partial charge in [-0.15, -0.1) is 0 Å². The Morgan fingerprint density at radius 1 is 1.03 bits per heavy atom. The second-order valence-electron chi connectivity index (χ2n) is 7.72. The summed E-state index contributed by atoms with van der Waals surface area (Å²) in [6, 6.07) is 14.8. The van der Waals surface area contributed by atoms with E-state index in [1.165, 1.54) is 12.1 Å². The Balaban J connectivity index is 1.48. The van der Waals surface area contributed by atoms with Crippen LogP contribution in [0.25, 0.3) is 22.1 Å². The Morgan fingerprint density at radius 2 is 1.85 bits per heavy atom. The fraction of sp³-hybridized carbons (Fsp3) is 0.192. The van der Waals surface area contributed by atoms with Gasteiger partial charge in [-0.05, 0) is 48.9 Å². The Hall–Kier alpha value is -3.51. The van der Waals surface area contributed by atoms with E-state index in [9.17, 15) is 9.18 Å². The van der Waals surface area contributed by atoms with Crippen LogP contribution in [0.1, 0.15) is 17.7 Å². The maximum absolute atomic E-state index is 14.0. The molecule has 168 valence electrons. The van der Waals surface area contributed by atoms with E-state index in [0.717, 1.165) is 6.42 Å². The molecule has 0 atom stereocenters. The molecule has 0 spiro atoms. The monoisotopic (exact) mass is 466 g/mol. The van der Waals surface area contributed by atoms with Gasteiger partial charge in [0, 0.05) is 18.1 Å². The van der Waals surface area contributed by atoms with E-state index in [2.05, 4.69) is 0 Å². The zero-order valence-electron chi connectivity index (χ0n) is 17.8. The normalized spacial score (nSPS) is 13.1. The fourth-order valence-corrected chi connectivity index (χ4v) is 4.07. The van der Waals surface area contributed by atoms with Crippen LogP contribution < -0.4 is 19.6 Å². The summed E-state index contributed by atoms with van der Waals surface area (Å²) in [6.45, 7) is 2.85. The molecule has 4 aromatic rings. The maximum atomic E-state index is 14.0. The number of rotatable bonds is 4. The number of hydrogen-bond acceptors (Lipinski definition) is 5. The number of hydrogen-bond donors (Lipinski definition) is 0. The summed E-state index contributed by atoms with van der Waals surface area (Å²) in [7, 11) is 0. The summed E-state index contributed by atoms with van der Waals surface area (Å²) < 4.78 is 37.1. The van der Waals surface area contributed by atoms with Crippen molar-refractivity contribution in [2.45, 2.75) is 20.0 Å². The van der Waals surface area contributed by atoms with Gasteiger partial charge in [-0.25, -0.2) is 4.39 Å². The van der Waals surface area contributed by atoms with Gasteiger partial charge in [0.15, 0.2) is 11.5 Å². The molecule has 0 saturated heterocycles. The largest absolute Gasteiger partial charge is 0.490 e. The average molecular weight is 467 g/mol. The molecule has 5 rings (SSSR count). The first-order valence-electron chi connectivity index (χ1n) is 10.5. The minimum Gasteiger partial charge on any atom is -0.490 e. The second kappa shape index (κ2) is 8.79. The highest BCUT2D eigenvalue weighted by Gasteiger charge is 2.18. The molecule has 3 aromatic carbocycles. The standard InChI is InChI=1S/C26H20ClFO5/c1-15-25(16-6-9-22-24(12-16)31-11-3-10-30-22)26(29)18-8-7-17(13-23(18)33-15)32-14-19-20(27)4-2-5-21(19)28/h2,4-9,12-13H,3,10-11,14H2,1H3. The Morgan fingerprint density at radius 3 is 2.67 bits per heavy atom. The Labute approximate surface area is 194 Å². The summed E-state index contributed by atoms with van der Waals surface area (Å²) in [4.78, 5) is 13.3. The van der Waals surface area contributed by atoms with Crippen LogP contribution >= 0.6 is 11.6 Å². The Kier molecular flexibility index (Phi) is 5.68. The van der Waals surface area contributed by atoms with Gasteiger partial charge in [0.2, 0.25) is 5.43 Å². The van der Waals surface area contributed by atoms with Crippen LogP contribution in [0, 0.1) is 12.7 Å². The van der Waals surface area contributed by atoms with Crippen molar-refractivity contribution in [3.63, 3.8) is 0 Å². The first kappa shape index (κ1) is 21.3. The van der Waals surface area contributed by atoms with Gasteiger partial charge in [0.1, 0.15) is 29.5 Å². The van der Waals surface area contributed by atoms with Crippen LogP contribution in [0.3, 0.4) is 0 Å². The molecule has 7 heteroatoms. The van der Waals surface area contributed by atoms with Crippen molar-refractivity contribution in [1.29, 1.82) is 0 Å². The fourth-order valence-electron chi connectivity index (χ4n) is 3.85. The van der Waals surface area contributed by atoms with Gasteiger partial charge >= 0.3 is 0 Å². The molecular weight excluding hydrogens is 447 g/mol. The summed E-state index contributed by atoms with van der Waals surface area (Å²) in [6.07, 6.45) is 0.800. The van der Waals surface area contributed by atoms with E-state index in [0.29, 0.717) is 58.3 Å². The molecule has 0 unspecified atom stereocenters. The van der Waals surface area contributed by atoms with E-state index in [4.69, 9.17) is 30.2 Å². The van der Waals surface area contributed by atoms with Crippen molar-refractivity contribution in [2.75, 3.05) is 13.2 Å². The summed E-state index contributed by atoms with van der Waals surface area (Å²) in [5, 5.41) is 0.705. The van der Waals surface area contributed by atoms with E-state index in [-0.39, 0.29) is 22.6 Å². The number of aryl methyl sites for hydroxylation is 1. The van der Waals surface area contributed by atoms with E-state index in [1.54, 1.807) is 37.3 Å². The van der Waals surface area contributed by atoms with Gasteiger partial charge in [0.05, 0.1) is 29.2 Å². The molecule has 2 heterocycles. The van der Waals surface area contributed by atoms with Crippen LogP contribution in [-0.2, 0) is 6.61 Å². The lowest BCUT2D eigenvalue weighted by Gasteiger charge is -2.12. The highest BCUT2D eigenvalue weighted by molar-refractivity contribution is 6.31. The SMILES string of the molecule is Cc1oc2cc(OCc3c(F)cccc3Cl)ccc2c(=O)c1-c1ccc2c(c1)OCCCO2. The smallest absolute Gasteiger partial charge is 0.200 e. The summed E-state index contributed by atoms with van der Waals surface area (Å²) in [5.41, 5.74) is 1.65. The molecule has 1 aliphatic heterocycles. The predicted octanol–water partition coefficient (Wildman–Crippen LogP) is 6.30. The summed E-state index contributed by atoms with van der Waals surface area (Å²) >= 11 is 6.06. The van der Waals surface area contributed by atoms with Crippen LogP contribution in [0.4, 0.5) is 4.39 Å². The predicted molar refractivity (Wildman–Crippen MR) is 124 cm³/mol. The zero-order valence-corrected chi connectivity index (χ0v) is 18.6. The molecule has 1 aliphatic rings. The maximum Gasteiger partial charge on any atom is 0.200 e. The van der Waals surface area contributed by atoms with Crippen molar-refractivity contribution in [3.05, 3.63) is 87.0 Å². The molecule has 0 saturated carbocycles. The highest BCUT2D eigenvalue weighted by Crippen LogP contribution is 2.35. The van der Waals surface area contributed by atoms with E-state index in [1.807, 2.05) is 12.1 Å². The van der Waals surface area contributed by atoms with Gasteiger partial charge in [0.25, 0.3) is 0 Å². The lowest BCUT2D eigenvalue weighted by molar-refractivity contribution is 0.297. The molecule has 0 radical (unpaired) electrons. The molecule has 0 aliphatic carbocycles. The third kappa shape index (κ3) is 4.14. The molecule has 0 bridgehead atoms. The molecular formula is C26H20ClFO5. The molecule has 0 amide bonds. The minimum atomic E-state index is -0.439.